The zero-order chi connectivity index (χ0) is 35.6. The van der Waals surface area contributed by atoms with E-state index in [4.69, 9.17) is 9.97 Å². The number of nitrogens with zero attached hydrogens (tertiary/aromatic N) is 3. The standard InChI is InChI=1S/C50H31N3S/c1-5-16-32(17-6-1)36-28-29-42-41(30-36)44-38-24-13-14-25-39(38)49-45(40-27-15-26-37(48(40)54-49)33-18-7-2-8-19-33)47(44)53(42)43-31-51-50(35-22-11-4-12-23-35)52-46(43)34-20-9-3-10-21-34/h1-31H. The molecule has 0 unspecified atom stereocenters. The Bertz CT molecular complexity index is 3180. The van der Waals surface area contributed by atoms with Gasteiger partial charge >= 0.3 is 0 Å². The second-order valence-corrected chi connectivity index (χ2v) is 14.7. The quantitative estimate of drug-likeness (QED) is 0.178. The fourth-order valence-electron chi connectivity index (χ4n) is 8.22. The molecule has 54 heavy (non-hydrogen) atoms. The van der Waals surface area contributed by atoms with E-state index in [0.29, 0.717) is 5.82 Å². The third-order valence-electron chi connectivity index (χ3n) is 10.6. The fraction of sp³-hybridized carbons (Fsp3) is 0. The van der Waals surface area contributed by atoms with E-state index in [2.05, 4.69) is 168 Å². The molecule has 3 nitrogen and oxygen atoms in total. The number of thiophene rings is 1. The summed E-state index contributed by atoms with van der Waals surface area (Å²) in [6, 6.07) is 64.9. The predicted molar refractivity (Wildman–Crippen MR) is 229 cm³/mol. The third kappa shape index (κ3) is 4.74. The van der Waals surface area contributed by atoms with Gasteiger partial charge in [0.05, 0.1) is 28.6 Å². The van der Waals surface area contributed by atoms with Crippen LogP contribution in [0, 0.1) is 0 Å². The van der Waals surface area contributed by atoms with Gasteiger partial charge < -0.3 is 4.57 Å². The number of hydrogen-bond donors (Lipinski definition) is 0. The molecule has 0 radical (unpaired) electrons. The Labute approximate surface area is 316 Å². The molecule has 0 amide bonds. The zero-order valence-electron chi connectivity index (χ0n) is 29.1. The molecule has 4 heteroatoms. The molecule has 0 aliphatic heterocycles. The van der Waals surface area contributed by atoms with Crippen molar-refractivity contribution < 1.29 is 0 Å². The number of aromatic nitrogens is 3. The Morgan fingerprint density at radius 3 is 1.76 bits per heavy atom. The molecule has 0 saturated carbocycles. The number of hydrogen-bond acceptors (Lipinski definition) is 3. The van der Waals surface area contributed by atoms with Crippen LogP contribution in [-0.4, -0.2) is 14.5 Å². The largest absolute Gasteiger partial charge is 0.305 e. The molecule has 0 aliphatic carbocycles. The van der Waals surface area contributed by atoms with E-state index in [1.54, 1.807) is 0 Å². The normalized spacial score (nSPS) is 11.7. The number of fused-ring (bicyclic) bond motifs is 10. The van der Waals surface area contributed by atoms with Gasteiger partial charge in [-0.15, -0.1) is 11.3 Å². The molecule has 11 rings (SSSR count). The van der Waals surface area contributed by atoms with Gasteiger partial charge in [-0.1, -0.05) is 170 Å². The van der Waals surface area contributed by atoms with Crippen LogP contribution in [0.4, 0.5) is 0 Å². The lowest BCUT2D eigenvalue weighted by Gasteiger charge is -2.15. The number of benzene rings is 8. The summed E-state index contributed by atoms with van der Waals surface area (Å²) in [7, 11) is 0. The van der Waals surface area contributed by atoms with Crippen LogP contribution < -0.4 is 0 Å². The Morgan fingerprint density at radius 2 is 1.04 bits per heavy atom. The fourth-order valence-corrected chi connectivity index (χ4v) is 9.60. The van der Waals surface area contributed by atoms with Crippen molar-refractivity contribution >= 4 is 64.1 Å². The van der Waals surface area contributed by atoms with Crippen LogP contribution in [0.3, 0.4) is 0 Å². The molecule has 0 aliphatic rings. The predicted octanol–water partition coefficient (Wildman–Crippen LogP) is 13.8. The monoisotopic (exact) mass is 705 g/mol. The van der Waals surface area contributed by atoms with E-state index < -0.39 is 0 Å². The summed E-state index contributed by atoms with van der Waals surface area (Å²) in [5.41, 5.74) is 11.0. The minimum atomic E-state index is 0.703. The first-order valence-corrected chi connectivity index (χ1v) is 19.1. The van der Waals surface area contributed by atoms with Gasteiger partial charge in [-0.3, -0.25) is 0 Å². The van der Waals surface area contributed by atoms with Gasteiger partial charge in [0, 0.05) is 47.5 Å². The lowest BCUT2D eigenvalue weighted by atomic mass is 9.97. The highest BCUT2D eigenvalue weighted by Gasteiger charge is 2.25. The second-order valence-electron chi connectivity index (χ2n) is 13.7. The molecule has 0 fully saturated rings. The van der Waals surface area contributed by atoms with Gasteiger partial charge in [0.2, 0.25) is 0 Å². The third-order valence-corrected chi connectivity index (χ3v) is 11.9. The first-order valence-electron chi connectivity index (χ1n) is 18.2. The van der Waals surface area contributed by atoms with Gasteiger partial charge in [-0.2, -0.15) is 0 Å². The van der Waals surface area contributed by atoms with E-state index in [0.717, 1.165) is 28.0 Å². The smallest absolute Gasteiger partial charge is 0.159 e. The molecule has 8 aromatic carbocycles. The van der Waals surface area contributed by atoms with Crippen molar-refractivity contribution in [3.05, 3.63) is 188 Å². The van der Waals surface area contributed by atoms with E-state index in [1.165, 1.54) is 69.5 Å². The molecule has 3 aromatic heterocycles. The molecule has 0 atom stereocenters. The molecule has 0 spiro atoms. The van der Waals surface area contributed by atoms with Crippen LogP contribution >= 0.6 is 11.3 Å². The summed E-state index contributed by atoms with van der Waals surface area (Å²) in [6.45, 7) is 0. The average molecular weight is 706 g/mol. The van der Waals surface area contributed by atoms with Gasteiger partial charge in [0.25, 0.3) is 0 Å². The molecule has 11 aromatic rings. The maximum Gasteiger partial charge on any atom is 0.159 e. The second kappa shape index (κ2) is 12.4. The first-order chi connectivity index (χ1) is 26.8. The zero-order valence-corrected chi connectivity index (χ0v) is 30.0. The molecule has 0 bridgehead atoms. The Morgan fingerprint density at radius 1 is 0.426 bits per heavy atom. The van der Waals surface area contributed by atoms with Crippen LogP contribution in [0.5, 0.6) is 0 Å². The highest BCUT2D eigenvalue weighted by molar-refractivity contribution is 7.27. The topological polar surface area (TPSA) is 30.7 Å². The summed E-state index contributed by atoms with van der Waals surface area (Å²) in [6.07, 6.45) is 2.03. The minimum absolute atomic E-state index is 0.703. The van der Waals surface area contributed by atoms with E-state index in [1.807, 2.05) is 35.7 Å². The van der Waals surface area contributed by atoms with Crippen LogP contribution in [0.1, 0.15) is 0 Å². The van der Waals surface area contributed by atoms with Crippen molar-refractivity contribution in [1.29, 1.82) is 0 Å². The Hall–Kier alpha value is -6.88. The van der Waals surface area contributed by atoms with Gasteiger partial charge in [0.1, 0.15) is 0 Å². The lowest BCUT2D eigenvalue weighted by molar-refractivity contribution is 1.09. The van der Waals surface area contributed by atoms with Crippen molar-refractivity contribution in [2.24, 2.45) is 0 Å². The van der Waals surface area contributed by atoms with Gasteiger partial charge in [-0.05, 0) is 39.8 Å². The van der Waals surface area contributed by atoms with Gasteiger partial charge in [-0.25, -0.2) is 9.97 Å². The van der Waals surface area contributed by atoms with Crippen molar-refractivity contribution in [3.63, 3.8) is 0 Å². The van der Waals surface area contributed by atoms with Crippen molar-refractivity contribution in [3.8, 4) is 50.6 Å². The van der Waals surface area contributed by atoms with E-state index in [9.17, 15) is 0 Å². The Kier molecular flexibility index (Phi) is 7.04. The summed E-state index contributed by atoms with van der Waals surface area (Å²) >= 11 is 1.90. The molecule has 0 N–H and O–H groups in total. The molecular weight excluding hydrogens is 675 g/mol. The van der Waals surface area contributed by atoms with E-state index >= 15 is 0 Å². The summed E-state index contributed by atoms with van der Waals surface area (Å²) in [4.78, 5) is 10.5. The first kappa shape index (κ1) is 30.7. The molecule has 0 saturated heterocycles. The summed E-state index contributed by atoms with van der Waals surface area (Å²) in [5, 5.41) is 7.46. The van der Waals surface area contributed by atoms with Crippen LogP contribution in [0.15, 0.2) is 188 Å². The van der Waals surface area contributed by atoms with Crippen molar-refractivity contribution in [2.75, 3.05) is 0 Å². The van der Waals surface area contributed by atoms with Crippen LogP contribution in [-0.2, 0) is 0 Å². The maximum atomic E-state index is 5.36. The number of rotatable bonds is 5. The summed E-state index contributed by atoms with van der Waals surface area (Å²) < 4.78 is 5.02. The highest BCUT2D eigenvalue weighted by atomic mass is 32.1. The van der Waals surface area contributed by atoms with Crippen LogP contribution in [0.2, 0.25) is 0 Å². The van der Waals surface area contributed by atoms with E-state index in [-0.39, 0.29) is 0 Å². The molecule has 3 heterocycles. The van der Waals surface area contributed by atoms with Crippen molar-refractivity contribution in [1.82, 2.24) is 14.5 Å². The molecule has 252 valence electrons. The highest BCUT2D eigenvalue weighted by Crippen LogP contribution is 2.50. The SMILES string of the molecule is c1ccc(-c2ccc3c(c2)c2c4ccccc4c4sc5c(-c6ccccc6)cccc5c4c2n3-c2cnc(-c3ccccc3)nc2-c2ccccc2)cc1. The minimum Gasteiger partial charge on any atom is -0.305 e. The average Bonchev–Trinajstić information content (AvgIpc) is 3.81. The molecular formula is C50H31N3S. The maximum absolute atomic E-state index is 5.36. The van der Waals surface area contributed by atoms with Gasteiger partial charge in [0.15, 0.2) is 5.82 Å². The Balaban J connectivity index is 1.35. The van der Waals surface area contributed by atoms with Crippen molar-refractivity contribution in [2.45, 2.75) is 0 Å². The summed E-state index contributed by atoms with van der Waals surface area (Å²) in [5.74, 6) is 0.703. The van der Waals surface area contributed by atoms with Crippen LogP contribution in [0.25, 0.3) is 103 Å². The lowest BCUT2D eigenvalue weighted by Crippen LogP contribution is -2.03.